The summed E-state index contributed by atoms with van der Waals surface area (Å²) < 4.78 is 5.68. The molecule has 0 bridgehead atoms. The Balaban J connectivity index is 2.16. The summed E-state index contributed by atoms with van der Waals surface area (Å²) in [6.45, 7) is 6.80. The molecule has 1 amide bonds. The van der Waals surface area contributed by atoms with Gasteiger partial charge in [-0.1, -0.05) is 13.8 Å². The minimum absolute atomic E-state index is 0.362. The molecule has 1 aromatic heterocycles. The van der Waals surface area contributed by atoms with Gasteiger partial charge in [0.05, 0.1) is 12.2 Å². The molecule has 0 atom stereocenters. The lowest BCUT2D eigenvalue weighted by Crippen LogP contribution is -2.30. The van der Waals surface area contributed by atoms with Crippen LogP contribution in [-0.4, -0.2) is 22.7 Å². The van der Waals surface area contributed by atoms with Crippen molar-refractivity contribution in [2.24, 2.45) is 11.8 Å². The minimum Gasteiger partial charge on any atom is -0.494 e. The number of amides is 1. The monoisotopic (exact) mass is 302 g/mol. The van der Waals surface area contributed by atoms with Gasteiger partial charge in [-0.3, -0.25) is 15.3 Å². The molecule has 1 heterocycles. The van der Waals surface area contributed by atoms with Crippen LogP contribution in [0.1, 0.15) is 36.3 Å². The Bertz CT molecular complexity index is 632. The SMILES string of the molecule is Cc1[nH]nc(-c2ccc(OCCC(C)C)cc2)c1C(=O)NN. The van der Waals surface area contributed by atoms with Crippen LogP contribution in [0.15, 0.2) is 24.3 Å². The number of nitrogen functional groups attached to an aromatic ring is 1. The van der Waals surface area contributed by atoms with E-state index in [0.29, 0.717) is 29.5 Å². The predicted octanol–water partition coefficient (Wildman–Crippen LogP) is 2.41. The second kappa shape index (κ2) is 7.09. The van der Waals surface area contributed by atoms with Crippen molar-refractivity contribution in [3.05, 3.63) is 35.5 Å². The van der Waals surface area contributed by atoms with Gasteiger partial charge in [0.1, 0.15) is 11.4 Å². The normalized spacial score (nSPS) is 10.8. The summed E-state index contributed by atoms with van der Waals surface area (Å²) in [6, 6.07) is 7.52. The fraction of sp³-hybridized carbons (Fsp3) is 0.375. The van der Waals surface area contributed by atoms with Gasteiger partial charge in [-0.05, 0) is 43.5 Å². The number of nitrogens with one attached hydrogen (secondary N) is 2. The lowest BCUT2D eigenvalue weighted by atomic mass is 10.1. The van der Waals surface area contributed by atoms with E-state index in [9.17, 15) is 4.79 Å². The van der Waals surface area contributed by atoms with E-state index >= 15 is 0 Å². The molecule has 6 nitrogen and oxygen atoms in total. The highest BCUT2D eigenvalue weighted by Gasteiger charge is 2.18. The van der Waals surface area contributed by atoms with Gasteiger partial charge in [0.25, 0.3) is 5.91 Å². The first-order chi connectivity index (χ1) is 10.5. The van der Waals surface area contributed by atoms with Gasteiger partial charge >= 0.3 is 0 Å². The van der Waals surface area contributed by atoms with Crippen LogP contribution >= 0.6 is 0 Å². The van der Waals surface area contributed by atoms with Crippen molar-refractivity contribution in [1.29, 1.82) is 0 Å². The first kappa shape index (κ1) is 16.0. The van der Waals surface area contributed by atoms with Gasteiger partial charge in [0, 0.05) is 11.3 Å². The Hall–Kier alpha value is -2.34. The average molecular weight is 302 g/mol. The third-order valence-electron chi connectivity index (χ3n) is 3.40. The van der Waals surface area contributed by atoms with E-state index in [4.69, 9.17) is 10.6 Å². The molecule has 4 N–H and O–H groups in total. The molecule has 0 unspecified atom stereocenters. The van der Waals surface area contributed by atoms with Gasteiger partial charge < -0.3 is 4.74 Å². The molecule has 0 fully saturated rings. The maximum atomic E-state index is 11.8. The second-order valence-electron chi connectivity index (χ2n) is 5.60. The maximum absolute atomic E-state index is 11.8. The van der Waals surface area contributed by atoms with Crippen LogP contribution in [0.4, 0.5) is 0 Å². The lowest BCUT2D eigenvalue weighted by Gasteiger charge is -2.08. The number of ether oxygens (including phenoxy) is 1. The van der Waals surface area contributed by atoms with Crippen LogP contribution in [-0.2, 0) is 0 Å². The molecule has 0 saturated carbocycles. The van der Waals surface area contributed by atoms with Crippen molar-refractivity contribution in [3.63, 3.8) is 0 Å². The number of benzene rings is 1. The van der Waals surface area contributed by atoms with Crippen LogP contribution in [0.3, 0.4) is 0 Å². The molecule has 0 aliphatic heterocycles. The Labute approximate surface area is 130 Å². The summed E-state index contributed by atoms with van der Waals surface area (Å²) in [5.41, 5.74) is 4.69. The van der Waals surface area contributed by atoms with Crippen molar-refractivity contribution in [2.45, 2.75) is 27.2 Å². The number of carbonyl (C=O) groups is 1. The zero-order valence-corrected chi connectivity index (χ0v) is 13.1. The molecule has 0 aliphatic carbocycles. The molecule has 118 valence electrons. The maximum Gasteiger partial charge on any atom is 0.269 e. The number of H-pyrrole nitrogens is 1. The van der Waals surface area contributed by atoms with Crippen LogP contribution < -0.4 is 16.0 Å². The summed E-state index contributed by atoms with van der Waals surface area (Å²) in [7, 11) is 0. The molecule has 22 heavy (non-hydrogen) atoms. The largest absolute Gasteiger partial charge is 0.494 e. The van der Waals surface area contributed by atoms with Crippen molar-refractivity contribution in [1.82, 2.24) is 15.6 Å². The van der Waals surface area contributed by atoms with E-state index in [1.54, 1.807) is 6.92 Å². The number of rotatable bonds is 6. The molecule has 1 aromatic carbocycles. The van der Waals surface area contributed by atoms with Gasteiger partial charge in [0.15, 0.2) is 0 Å². The van der Waals surface area contributed by atoms with E-state index in [1.807, 2.05) is 24.3 Å². The topological polar surface area (TPSA) is 93.0 Å². The Morgan fingerprint density at radius 1 is 1.36 bits per heavy atom. The fourth-order valence-electron chi connectivity index (χ4n) is 2.11. The van der Waals surface area contributed by atoms with E-state index in [-0.39, 0.29) is 5.91 Å². The quantitative estimate of drug-likeness (QED) is 0.434. The third kappa shape index (κ3) is 3.65. The number of aryl methyl sites for hydroxylation is 1. The molecule has 0 radical (unpaired) electrons. The highest BCUT2D eigenvalue weighted by Crippen LogP contribution is 2.25. The summed E-state index contributed by atoms with van der Waals surface area (Å²) >= 11 is 0. The molecule has 2 rings (SSSR count). The Kier molecular flexibility index (Phi) is 5.16. The first-order valence-corrected chi connectivity index (χ1v) is 7.32. The molecule has 0 spiro atoms. The van der Waals surface area contributed by atoms with Gasteiger partial charge in [-0.15, -0.1) is 0 Å². The number of aromatic nitrogens is 2. The molecule has 0 saturated heterocycles. The molecular formula is C16H22N4O2. The number of carbonyl (C=O) groups excluding carboxylic acids is 1. The molecule has 0 aliphatic rings. The van der Waals surface area contributed by atoms with Crippen LogP contribution in [0.25, 0.3) is 11.3 Å². The highest BCUT2D eigenvalue weighted by molar-refractivity contribution is 6.00. The van der Waals surface area contributed by atoms with Gasteiger partial charge in [-0.25, -0.2) is 5.84 Å². The van der Waals surface area contributed by atoms with Crippen LogP contribution in [0.2, 0.25) is 0 Å². The minimum atomic E-state index is -0.362. The number of nitrogens with two attached hydrogens (primary N) is 1. The van der Waals surface area contributed by atoms with Crippen LogP contribution in [0, 0.1) is 12.8 Å². The van der Waals surface area contributed by atoms with E-state index in [2.05, 4.69) is 29.5 Å². The van der Waals surface area contributed by atoms with Gasteiger partial charge in [-0.2, -0.15) is 5.10 Å². The second-order valence-corrected chi connectivity index (χ2v) is 5.60. The zero-order chi connectivity index (χ0) is 16.1. The number of aromatic amines is 1. The predicted molar refractivity (Wildman–Crippen MR) is 85.4 cm³/mol. The third-order valence-corrected chi connectivity index (χ3v) is 3.40. The number of hydrogen-bond acceptors (Lipinski definition) is 4. The van der Waals surface area contributed by atoms with E-state index in [0.717, 1.165) is 17.7 Å². The zero-order valence-electron chi connectivity index (χ0n) is 13.1. The highest BCUT2D eigenvalue weighted by atomic mass is 16.5. The Morgan fingerprint density at radius 2 is 2.05 bits per heavy atom. The summed E-state index contributed by atoms with van der Waals surface area (Å²) in [6.07, 6.45) is 1.02. The number of hydrogen-bond donors (Lipinski definition) is 3. The summed E-state index contributed by atoms with van der Waals surface area (Å²) in [5.74, 6) is 6.28. The van der Waals surface area contributed by atoms with Crippen LogP contribution in [0.5, 0.6) is 5.75 Å². The van der Waals surface area contributed by atoms with Gasteiger partial charge in [0.2, 0.25) is 0 Å². The number of nitrogens with zero attached hydrogens (tertiary/aromatic N) is 1. The standard InChI is InChI=1S/C16H22N4O2/c1-10(2)8-9-22-13-6-4-12(5-7-13)15-14(16(21)18-17)11(3)19-20-15/h4-7,10H,8-9,17H2,1-3H3,(H,18,21)(H,19,20). The first-order valence-electron chi connectivity index (χ1n) is 7.32. The molecule has 2 aromatic rings. The van der Waals surface area contributed by atoms with Crippen molar-refractivity contribution in [2.75, 3.05) is 6.61 Å². The molecule has 6 heteroatoms. The van der Waals surface area contributed by atoms with E-state index < -0.39 is 0 Å². The summed E-state index contributed by atoms with van der Waals surface area (Å²) in [5, 5.41) is 7.00. The van der Waals surface area contributed by atoms with Crippen molar-refractivity contribution >= 4 is 5.91 Å². The van der Waals surface area contributed by atoms with Crippen molar-refractivity contribution < 1.29 is 9.53 Å². The fourth-order valence-corrected chi connectivity index (χ4v) is 2.11. The van der Waals surface area contributed by atoms with E-state index in [1.165, 1.54) is 0 Å². The summed E-state index contributed by atoms with van der Waals surface area (Å²) in [4.78, 5) is 11.8. The van der Waals surface area contributed by atoms with Crippen molar-refractivity contribution in [3.8, 4) is 17.0 Å². The average Bonchev–Trinajstić information content (AvgIpc) is 2.88. The lowest BCUT2D eigenvalue weighted by molar-refractivity contribution is 0.0954. The Morgan fingerprint density at radius 3 is 2.64 bits per heavy atom. The number of hydrazine groups is 1. The molecular weight excluding hydrogens is 280 g/mol. The smallest absolute Gasteiger partial charge is 0.269 e.